The summed E-state index contributed by atoms with van der Waals surface area (Å²) >= 11 is 0. The standard InChI is InChI=1S/C10H19NO2/c1-9(10(12)13-2)8-11-6-4-3-5-7-11/h9H,3-8H2,1-2H3/t9-/m1/s1. The molecule has 1 aliphatic rings. The lowest BCUT2D eigenvalue weighted by Gasteiger charge is -2.28. The number of nitrogens with zero attached hydrogens (tertiary/aromatic N) is 1. The van der Waals surface area contributed by atoms with Crippen LogP contribution in [-0.2, 0) is 9.53 Å². The van der Waals surface area contributed by atoms with Gasteiger partial charge in [0.15, 0.2) is 0 Å². The Morgan fingerprint density at radius 3 is 2.54 bits per heavy atom. The molecule has 0 radical (unpaired) electrons. The number of carbonyl (C=O) groups is 1. The molecule has 1 rings (SSSR count). The molecular formula is C10H19NO2. The maximum absolute atomic E-state index is 11.1. The molecule has 3 heteroatoms. The van der Waals surface area contributed by atoms with Crippen molar-refractivity contribution in [3.63, 3.8) is 0 Å². The Bertz CT molecular complexity index is 164. The van der Waals surface area contributed by atoms with E-state index >= 15 is 0 Å². The minimum atomic E-state index is -0.0921. The van der Waals surface area contributed by atoms with Crippen LogP contribution in [0.5, 0.6) is 0 Å². The average Bonchev–Trinajstić information content (AvgIpc) is 2.18. The highest BCUT2D eigenvalue weighted by Gasteiger charge is 2.18. The number of hydrogen-bond donors (Lipinski definition) is 0. The molecular weight excluding hydrogens is 166 g/mol. The molecule has 1 fully saturated rings. The second kappa shape index (κ2) is 5.22. The highest BCUT2D eigenvalue weighted by molar-refractivity contribution is 5.72. The van der Waals surface area contributed by atoms with Gasteiger partial charge in [0.25, 0.3) is 0 Å². The smallest absolute Gasteiger partial charge is 0.309 e. The summed E-state index contributed by atoms with van der Waals surface area (Å²) in [5.41, 5.74) is 0. The minimum Gasteiger partial charge on any atom is -0.469 e. The Morgan fingerprint density at radius 2 is 2.00 bits per heavy atom. The summed E-state index contributed by atoms with van der Waals surface area (Å²) in [6.45, 7) is 5.07. The van der Waals surface area contributed by atoms with Gasteiger partial charge < -0.3 is 9.64 Å². The molecule has 0 bridgehead atoms. The summed E-state index contributed by atoms with van der Waals surface area (Å²) in [7, 11) is 1.45. The third-order valence-corrected chi connectivity index (χ3v) is 2.58. The zero-order valence-electron chi connectivity index (χ0n) is 8.58. The van der Waals surface area contributed by atoms with E-state index in [2.05, 4.69) is 9.64 Å². The predicted octanol–water partition coefficient (Wildman–Crippen LogP) is 1.28. The first-order chi connectivity index (χ1) is 6.24. The molecule has 0 N–H and O–H groups in total. The molecule has 0 aromatic heterocycles. The van der Waals surface area contributed by atoms with Gasteiger partial charge in [-0.2, -0.15) is 0 Å². The van der Waals surface area contributed by atoms with E-state index in [1.807, 2.05) is 6.92 Å². The lowest BCUT2D eigenvalue weighted by atomic mass is 10.1. The van der Waals surface area contributed by atoms with Gasteiger partial charge in [0, 0.05) is 6.54 Å². The molecule has 0 aromatic carbocycles. The van der Waals surface area contributed by atoms with E-state index in [9.17, 15) is 4.79 Å². The van der Waals surface area contributed by atoms with E-state index in [0.29, 0.717) is 0 Å². The fourth-order valence-corrected chi connectivity index (χ4v) is 1.80. The Labute approximate surface area is 80.1 Å². The lowest BCUT2D eigenvalue weighted by Crippen LogP contribution is -2.36. The molecule has 1 heterocycles. The molecule has 0 aromatic rings. The number of esters is 1. The summed E-state index contributed by atoms with van der Waals surface area (Å²) in [5, 5.41) is 0. The zero-order chi connectivity index (χ0) is 9.68. The average molecular weight is 185 g/mol. The second-order valence-corrected chi connectivity index (χ2v) is 3.79. The van der Waals surface area contributed by atoms with Crippen LogP contribution in [0.3, 0.4) is 0 Å². The largest absolute Gasteiger partial charge is 0.469 e. The summed E-state index contributed by atoms with van der Waals surface area (Å²) < 4.78 is 4.69. The number of likely N-dealkylation sites (tertiary alicyclic amines) is 1. The number of carbonyl (C=O) groups excluding carboxylic acids is 1. The van der Waals surface area contributed by atoms with Crippen LogP contribution in [0.25, 0.3) is 0 Å². The van der Waals surface area contributed by atoms with Gasteiger partial charge in [-0.15, -0.1) is 0 Å². The monoisotopic (exact) mass is 185 g/mol. The zero-order valence-corrected chi connectivity index (χ0v) is 8.58. The lowest BCUT2D eigenvalue weighted by molar-refractivity contribution is -0.145. The van der Waals surface area contributed by atoms with Gasteiger partial charge in [-0.1, -0.05) is 13.3 Å². The molecule has 1 aliphatic heterocycles. The molecule has 13 heavy (non-hydrogen) atoms. The molecule has 0 saturated carbocycles. The number of ether oxygens (including phenoxy) is 1. The van der Waals surface area contributed by atoms with Crippen molar-refractivity contribution in [1.82, 2.24) is 4.90 Å². The highest BCUT2D eigenvalue weighted by Crippen LogP contribution is 2.11. The van der Waals surface area contributed by atoms with Gasteiger partial charge in [-0.05, 0) is 25.9 Å². The predicted molar refractivity (Wildman–Crippen MR) is 51.5 cm³/mol. The van der Waals surface area contributed by atoms with Crippen LogP contribution in [0, 0.1) is 5.92 Å². The first kappa shape index (κ1) is 10.5. The minimum absolute atomic E-state index is 0.0168. The molecule has 76 valence electrons. The van der Waals surface area contributed by atoms with Crippen molar-refractivity contribution >= 4 is 5.97 Å². The molecule has 1 atom stereocenters. The quantitative estimate of drug-likeness (QED) is 0.620. The van der Waals surface area contributed by atoms with Gasteiger partial charge in [0.05, 0.1) is 13.0 Å². The molecule has 3 nitrogen and oxygen atoms in total. The van der Waals surface area contributed by atoms with Crippen LogP contribution >= 0.6 is 0 Å². The van der Waals surface area contributed by atoms with Crippen molar-refractivity contribution < 1.29 is 9.53 Å². The summed E-state index contributed by atoms with van der Waals surface area (Å²) in [6, 6.07) is 0. The van der Waals surface area contributed by atoms with Crippen LogP contribution in [-0.4, -0.2) is 37.6 Å². The number of rotatable bonds is 3. The first-order valence-corrected chi connectivity index (χ1v) is 5.04. The fourth-order valence-electron chi connectivity index (χ4n) is 1.80. The third-order valence-electron chi connectivity index (χ3n) is 2.58. The summed E-state index contributed by atoms with van der Waals surface area (Å²) in [5.74, 6) is -0.0753. The van der Waals surface area contributed by atoms with Gasteiger partial charge in [0.2, 0.25) is 0 Å². The number of methoxy groups -OCH3 is 1. The fraction of sp³-hybridized carbons (Fsp3) is 0.900. The normalized spacial score (nSPS) is 21.1. The molecule has 1 saturated heterocycles. The van der Waals surface area contributed by atoms with Crippen molar-refractivity contribution in [1.29, 1.82) is 0 Å². The maximum atomic E-state index is 11.1. The van der Waals surface area contributed by atoms with E-state index in [-0.39, 0.29) is 11.9 Å². The highest BCUT2D eigenvalue weighted by atomic mass is 16.5. The van der Waals surface area contributed by atoms with Crippen molar-refractivity contribution in [3.05, 3.63) is 0 Å². The van der Waals surface area contributed by atoms with Crippen molar-refractivity contribution in [3.8, 4) is 0 Å². The van der Waals surface area contributed by atoms with E-state index in [0.717, 1.165) is 19.6 Å². The van der Waals surface area contributed by atoms with Crippen molar-refractivity contribution in [2.45, 2.75) is 26.2 Å². The number of piperidine rings is 1. The van der Waals surface area contributed by atoms with Gasteiger partial charge in [-0.25, -0.2) is 0 Å². The SMILES string of the molecule is COC(=O)[C@H](C)CN1CCCCC1. The molecule has 0 spiro atoms. The Balaban J connectivity index is 2.25. The van der Waals surface area contributed by atoms with Crippen LogP contribution < -0.4 is 0 Å². The first-order valence-electron chi connectivity index (χ1n) is 5.04. The molecule has 0 unspecified atom stereocenters. The van der Waals surface area contributed by atoms with Crippen LogP contribution in [0.2, 0.25) is 0 Å². The third kappa shape index (κ3) is 3.35. The second-order valence-electron chi connectivity index (χ2n) is 3.79. The van der Waals surface area contributed by atoms with E-state index in [1.165, 1.54) is 26.4 Å². The van der Waals surface area contributed by atoms with Gasteiger partial charge in [0.1, 0.15) is 0 Å². The molecule has 0 amide bonds. The van der Waals surface area contributed by atoms with E-state index in [1.54, 1.807) is 0 Å². The Morgan fingerprint density at radius 1 is 1.38 bits per heavy atom. The topological polar surface area (TPSA) is 29.5 Å². The van der Waals surface area contributed by atoms with E-state index in [4.69, 9.17) is 0 Å². The Hall–Kier alpha value is -0.570. The van der Waals surface area contributed by atoms with Crippen LogP contribution in [0.1, 0.15) is 26.2 Å². The maximum Gasteiger partial charge on any atom is 0.309 e. The summed E-state index contributed by atoms with van der Waals surface area (Å²) in [4.78, 5) is 13.5. The van der Waals surface area contributed by atoms with Gasteiger partial charge >= 0.3 is 5.97 Å². The van der Waals surface area contributed by atoms with Crippen LogP contribution in [0.4, 0.5) is 0 Å². The van der Waals surface area contributed by atoms with Crippen molar-refractivity contribution in [2.75, 3.05) is 26.7 Å². The molecule has 0 aliphatic carbocycles. The van der Waals surface area contributed by atoms with Crippen molar-refractivity contribution in [2.24, 2.45) is 5.92 Å². The van der Waals surface area contributed by atoms with Crippen LogP contribution in [0.15, 0.2) is 0 Å². The van der Waals surface area contributed by atoms with E-state index < -0.39 is 0 Å². The summed E-state index contributed by atoms with van der Waals surface area (Å²) in [6.07, 6.45) is 3.88. The number of hydrogen-bond acceptors (Lipinski definition) is 3. The Kier molecular flexibility index (Phi) is 4.22. The van der Waals surface area contributed by atoms with Gasteiger partial charge in [-0.3, -0.25) is 4.79 Å².